The third-order valence-electron chi connectivity index (χ3n) is 3.08. The molecule has 2 rings (SSSR count). The highest BCUT2D eigenvalue weighted by Gasteiger charge is 2.13. The monoisotopic (exact) mass is 280 g/mol. The second kappa shape index (κ2) is 7.20. The zero-order chi connectivity index (χ0) is 15.1. The van der Waals surface area contributed by atoms with E-state index in [1.54, 1.807) is 30.3 Å². The second-order valence-corrected chi connectivity index (χ2v) is 4.55. The molecule has 0 saturated carbocycles. The maximum atomic E-state index is 12.3. The molecule has 3 heteroatoms. The topological polar surface area (TPSA) is 43.4 Å². The van der Waals surface area contributed by atoms with E-state index < -0.39 is 0 Å². The molecule has 3 nitrogen and oxygen atoms in total. The number of para-hydroxylation sites is 1. The Balaban J connectivity index is 2.21. The standard InChI is InChI=1S/C18H16O3/c1-21-18-10-6-5-9-16(18)17(20)12-15(13-19)11-14-7-3-2-4-8-14/h2-11,13H,12H2,1H3/b15-11-. The number of hydrogen-bond donors (Lipinski definition) is 0. The average Bonchev–Trinajstić information content (AvgIpc) is 2.55. The molecular weight excluding hydrogens is 264 g/mol. The van der Waals surface area contributed by atoms with Crippen LogP contribution in [0.5, 0.6) is 5.75 Å². The van der Waals surface area contributed by atoms with E-state index in [-0.39, 0.29) is 12.2 Å². The van der Waals surface area contributed by atoms with Gasteiger partial charge in [0, 0.05) is 12.0 Å². The molecule has 0 atom stereocenters. The highest BCUT2D eigenvalue weighted by Crippen LogP contribution is 2.21. The molecule has 0 aliphatic heterocycles. The number of carbonyl (C=O) groups excluding carboxylic acids is 2. The van der Waals surface area contributed by atoms with Crippen molar-refractivity contribution >= 4 is 18.1 Å². The fraction of sp³-hybridized carbons (Fsp3) is 0.111. The molecule has 0 aliphatic rings. The lowest BCUT2D eigenvalue weighted by atomic mass is 10.0. The summed E-state index contributed by atoms with van der Waals surface area (Å²) in [6, 6.07) is 16.5. The Hall–Kier alpha value is -2.68. The molecule has 0 spiro atoms. The van der Waals surface area contributed by atoms with Gasteiger partial charge in [0.2, 0.25) is 0 Å². The molecule has 0 heterocycles. The van der Waals surface area contributed by atoms with E-state index in [1.807, 2.05) is 30.3 Å². The Bertz CT molecular complexity index is 657. The van der Waals surface area contributed by atoms with E-state index in [9.17, 15) is 9.59 Å². The van der Waals surface area contributed by atoms with Gasteiger partial charge >= 0.3 is 0 Å². The van der Waals surface area contributed by atoms with Crippen LogP contribution in [0.4, 0.5) is 0 Å². The molecule has 0 aromatic heterocycles. The van der Waals surface area contributed by atoms with Crippen LogP contribution in [0.25, 0.3) is 6.08 Å². The van der Waals surface area contributed by atoms with Crippen molar-refractivity contribution in [2.24, 2.45) is 0 Å². The Kier molecular flexibility index (Phi) is 5.04. The van der Waals surface area contributed by atoms with Gasteiger partial charge in [-0.25, -0.2) is 0 Å². The zero-order valence-electron chi connectivity index (χ0n) is 11.8. The summed E-state index contributed by atoms with van der Waals surface area (Å²) in [6.45, 7) is 0. The summed E-state index contributed by atoms with van der Waals surface area (Å²) in [6.07, 6.45) is 2.50. The Labute approximate surface area is 123 Å². The number of Topliss-reactive ketones (excluding diaryl/α,β-unsaturated/α-hetero) is 1. The molecular formula is C18H16O3. The Morgan fingerprint density at radius 2 is 1.71 bits per heavy atom. The first-order valence-electron chi connectivity index (χ1n) is 6.61. The van der Waals surface area contributed by atoms with Crippen LogP contribution in [-0.2, 0) is 4.79 Å². The number of ether oxygens (including phenoxy) is 1. The summed E-state index contributed by atoms with van der Waals surface area (Å²) in [5.74, 6) is 0.384. The van der Waals surface area contributed by atoms with Gasteiger partial charge in [0.25, 0.3) is 0 Å². The zero-order valence-corrected chi connectivity index (χ0v) is 11.8. The number of carbonyl (C=O) groups is 2. The van der Waals surface area contributed by atoms with Crippen molar-refractivity contribution in [2.45, 2.75) is 6.42 Å². The summed E-state index contributed by atoms with van der Waals surface area (Å²) in [7, 11) is 1.52. The van der Waals surface area contributed by atoms with Crippen molar-refractivity contribution in [2.75, 3.05) is 7.11 Å². The van der Waals surface area contributed by atoms with Crippen LogP contribution in [0, 0.1) is 0 Å². The quantitative estimate of drug-likeness (QED) is 0.461. The third kappa shape index (κ3) is 3.89. The SMILES string of the molecule is COc1ccccc1C(=O)C/C(C=O)=C/c1ccccc1. The first-order chi connectivity index (χ1) is 10.2. The molecule has 0 bridgehead atoms. The predicted molar refractivity (Wildman–Crippen MR) is 82.4 cm³/mol. The molecule has 0 N–H and O–H groups in total. The van der Waals surface area contributed by atoms with Crippen LogP contribution in [0.15, 0.2) is 60.2 Å². The minimum atomic E-state index is -0.137. The predicted octanol–water partition coefficient (Wildman–Crippen LogP) is 3.55. The van der Waals surface area contributed by atoms with Crippen molar-refractivity contribution in [3.05, 3.63) is 71.3 Å². The molecule has 2 aromatic rings. The van der Waals surface area contributed by atoms with Crippen molar-refractivity contribution < 1.29 is 14.3 Å². The maximum absolute atomic E-state index is 12.3. The van der Waals surface area contributed by atoms with Gasteiger partial charge in [-0.1, -0.05) is 42.5 Å². The van der Waals surface area contributed by atoms with E-state index in [0.717, 1.165) is 11.8 Å². The average molecular weight is 280 g/mol. The van der Waals surface area contributed by atoms with Crippen LogP contribution in [0.1, 0.15) is 22.3 Å². The molecule has 0 saturated heterocycles. The number of allylic oxidation sites excluding steroid dienone is 1. The fourth-order valence-electron chi connectivity index (χ4n) is 2.05. The lowest BCUT2D eigenvalue weighted by molar-refractivity contribution is -0.104. The molecule has 0 amide bonds. The van der Waals surface area contributed by atoms with Gasteiger partial charge in [-0.3, -0.25) is 9.59 Å². The summed E-state index contributed by atoms with van der Waals surface area (Å²) >= 11 is 0. The first kappa shape index (κ1) is 14.7. The largest absolute Gasteiger partial charge is 0.496 e. The number of methoxy groups -OCH3 is 1. The van der Waals surface area contributed by atoms with Crippen LogP contribution < -0.4 is 4.74 Å². The van der Waals surface area contributed by atoms with Crippen LogP contribution >= 0.6 is 0 Å². The fourth-order valence-corrected chi connectivity index (χ4v) is 2.05. The maximum Gasteiger partial charge on any atom is 0.171 e. The van der Waals surface area contributed by atoms with E-state index in [4.69, 9.17) is 4.74 Å². The van der Waals surface area contributed by atoms with Crippen molar-refractivity contribution in [3.8, 4) is 5.75 Å². The minimum absolute atomic E-state index is 0.0543. The van der Waals surface area contributed by atoms with Crippen molar-refractivity contribution in [3.63, 3.8) is 0 Å². The Morgan fingerprint density at radius 3 is 2.38 bits per heavy atom. The molecule has 21 heavy (non-hydrogen) atoms. The molecule has 2 aromatic carbocycles. The second-order valence-electron chi connectivity index (χ2n) is 4.55. The lowest BCUT2D eigenvalue weighted by Crippen LogP contribution is -2.04. The highest BCUT2D eigenvalue weighted by atomic mass is 16.5. The van der Waals surface area contributed by atoms with Gasteiger partial charge < -0.3 is 4.74 Å². The van der Waals surface area contributed by atoms with Crippen molar-refractivity contribution in [1.29, 1.82) is 0 Å². The Morgan fingerprint density at radius 1 is 1.05 bits per heavy atom. The smallest absolute Gasteiger partial charge is 0.171 e. The van der Waals surface area contributed by atoms with E-state index in [0.29, 0.717) is 16.9 Å². The number of ketones is 1. The molecule has 106 valence electrons. The summed E-state index contributed by atoms with van der Waals surface area (Å²) in [5, 5.41) is 0. The van der Waals surface area contributed by atoms with Gasteiger partial charge in [-0.05, 0) is 23.8 Å². The number of rotatable bonds is 6. The summed E-state index contributed by atoms with van der Waals surface area (Å²) in [5.41, 5.74) is 1.82. The highest BCUT2D eigenvalue weighted by molar-refractivity contribution is 6.03. The van der Waals surface area contributed by atoms with Gasteiger partial charge in [-0.15, -0.1) is 0 Å². The minimum Gasteiger partial charge on any atom is -0.496 e. The first-order valence-corrected chi connectivity index (χ1v) is 6.61. The van der Waals surface area contributed by atoms with Crippen LogP contribution in [-0.4, -0.2) is 19.2 Å². The molecule has 0 radical (unpaired) electrons. The van der Waals surface area contributed by atoms with Gasteiger partial charge in [-0.2, -0.15) is 0 Å². The molecule has 0 unspecified atom stereocenters. The number of aldehydes is 1. The van der Waals surface area contributed by atoms with Crippen LogP contribution in [0.3, 0.4) is 0 Å². The summed E-state index contributed by atoms with van der Waals surface area (Å²) in [4.78, 5) is 23.5. The van der Waals surface area contributed by atoms with Crippen LogP contribution in [0.2, 0.25) is 0 Å². The van der Waals surface area contributed by atoms with Gasteiger partial charge in [0.05, 0.1) is 12.7 Å². The van der Waals surface area contributed by atoms with Gasteiger partial charge in [0.15, 0.2) is 5.78 Å². The van der Waals surface area contributed by atoms with E-state index in [1.165, 1.54) is 7.11 Å². The van der Waals surface area contributed by atoms with Crippen molar-refractivity contribution in [1.82, 2.24) is 0 Å². The number of benzene rings is 2. The summed E-state index contributed by atoms with van der Waals surface area (Å²) < 4.78 is 5.17. The van der Waals surface area contributed by atoms with E-state index >= 15 is 0 Å². The van der Waals surface area contributed by atoms with Gasteiger partial charge in [0.1, 0.15) is 12.0 Å². The molecule has 0 aliphatic carbocycles. The lowest BCUT2D eigenvalue weighted by Gasteiger charge is -2.07. The molecule has 0 fully saturated rings. The van der Waals surface area contributed by atoms with E-state index in [2.05, 4.69) is 0 Å². The normalized spacial score (nSPS) is 11.0. The number of hydrogen-bond acceptors (Lipinski definition) is 3. The third-order valence-corrected chi connectivity index (χ3v) is 3.08.